The largest absolute Gasteiger partial charge is 0.352 e. The Morgan fingerprint density at radius 2 is 2.00 bits per heavy atom. The Labute approximate surface area is 123 Å². The average molecular weight is 287 g/mol. The molecule has 5 heteroatoms. The molecule has 0 saturated heterocycles. The number of nitrogens with zero attached hydrogens (tertiary/aromatic N) is 1. The van der Waals surface area contributed by atoms with Crippen LogP contribution >= 0.6 is 0 Å². The minimum absolute atomic E-state index is 0.207. The molecule has 0 aliphatic carbocycles. The standard InChI is InChI=1S/C16H18FN3O/c1-11(2)9-19-16(21)15-8-7-12(10-18-15)20-14-6-4-3-5-13(14)17/h3-8,10-11,20H,9H2,1-2H3,(H,19,21). The number of rotatable bonds is 5. The average Bonchev–Trinajstić information content (AvgIpc) is 2.48. The second-order valence-electron chi connectivity index (χ2n) is 5.14. The number of carbonyl (C=O) groups is 1. The summed E-state index contributed by atoms with van der Waals surface area (Å²) in [5, 5.41) is 5.71. The number of amides is 1. The van der Waals surface area contributed by atoms with Crippen molar-refractivity contribution in [2.24, 2.45) is 5.92 Å². The van der Waals surface area contributed by atoms with E-state index in [2.05, 4.69) is 15.6 Å². The molecule has 0 radical (unpaired) electrons. The zero-order chi connectivity index (χ0) is 15.2. The molecule has 0 bridgehead atoms. The number of benzene rings is 1. The Morgan fingerprint density at radius 1 is 1.24 bits per heavy atom. The molecule has 2 aromatic rings. The number of hydrogen-bond acceptors (Lipinski definition) is 3. The maximum absolute atomic E-state index is 13.5. The first kappa shape index (κ1) is 15.0. The molecule has 0 unspecified atom stereocenters. The number of anilines is 2. The first-order valence-electron chi connectivity index (χ1n) is 6.82. The van der Waals surface area contributed by atoms with Crippen molar-refractivity contribution in [3.8, 4) is 0 Å². The van der Waals surface area contributed by atoms with Gasteiger partial charge in [0.25, 0.3) is 5.91 Å². The number of para-hydroxylation sites is 1. The van der Waals surface area contributed by atoms with Gasteiger partial charge in [0.05, 0.1) is 17.6 Å². The van der Waals surface area contributed by atoms with Gasteiger partial charge in [0, 0.05) is 6.54 Å². The maximum Gasteiger partial charge on any atom is 0.269 e. The third-order valence-corrected chi connectivity index (χ3v) is 2.82. The van der Waals surface area contributed by atoms with Crippen LogP contribution in [0.25, 0.3) is 0 Å². The fraction of sp³-hybridized carbons (Fsp3) is 0.250. The lowest BCUT2D eigenvalue weighted by Crippen LogP contribution is -2.27. The van der Waals surface area contributed by atoms with Crippen molar-refractivity contribution in [2.75, 3.05) is 11.9 Å². The van der Waals surface area contributed by atoms with Crippen LogP contribution in [0.5, 0.6) is 0 Å². The summed E-state index contributed by atoms with van der Waals surface area (Å²) in [6, 6.07) is 9.69. The van der Waals surface area contributed by atoms with E-state index < -0.39 is 0 Å². The molecule has 2 rings (SSSR count). The quantitative estimate of drug-likeness (QED) is 0.886. The van der Waals surface area contributed by atoms with Crippen molar-refractivity contribution in [3.05, 3.63) is 54.1 Å². The van der Waals surface area contributed by atoms with Gasteiger partial charge in [-0.3, -0.25) is 4.79 Å². The van der Waals surface area contributed by atoms with E-state index in [1.165, 1.54) is 12.3 Å². The normalized spacial score (nSPS) is 10.5. The molecule has 2 N–H and O–H groups in total. The third-order valence-electron chi connectivity index (χ3n) is 2.82. The van der Waals surface area contributed by atoms with Gasteiger partial charge >= 0.3 is 0 Å². The van der Waals surface area contributed by atoms with Crippen molar-refractivity contribution >= 4 is 17.3 Å². The van der Waals surface area contributed by atoms with Crippen LogP contribution in [0.2, 0.25) is 0 Å². The molecule has 0 saturated carbocycles. The fourth-order valence-corrected chi connectivity index (χ4v) is 1.71. The fourth-order valence-electron chi connectivity index (χ4n) is 1.71. The Balaban J connectivity index is 2.02. The van der Waals surface area contributed by atoms with Crippen LogP contribution in [0.3, 0.4) is 0 Å². The summed E-state index contributed by atoms with van der Waals surface area (Å²) in [6.45, 7) is 4.65. The van der Waals surface area contributed by atoms with E-state index in [9.17, 15) is 9.18 Å². The van der Waals surface area contributed by atoms with Gasteiger partial charge in [-0.1, -0.05) is 26.0 Å². The smallest absolute Gasteiger partial charge is 0.269 e. The molecule has 0 aliphatic heterocycles. The Bertz CT molecular complexity index is 611. The van der Waals surface area contributed by atoms with Gasteiger partial charge in [-0.25, -0.2) is 9.37 Å². The van der Waals surface area contributed by atoms with Gasteiger partial charge in [-0.15, -0.1) is 0 Å². The first-order chi connectivity index (χ1) is 10.1. The van der Waals surface area contributed by atoms with Crippen molar-refractivity contribution in [2.45, 2.75) is 13.8 Å². The number of nitrogens with one attached hydrogen (secondary N) is 2. The van der Waals surface area contributed by atoms with Crippen molar-refractivity contribution in [1.29, 1.82) is 0 Å². The monoisotopic (exact) mass is 287 g/mol. The Morgan fingerprint density at radius 3 is 2.62 bits per heavy atom. The molecule has 0 fully saturated rings. The van der Waals surface area contributed by atoms with E-state index >= 15 is 0 Å². The molecule has 1 aromatic carbocycles. The summed E-state index contributed by atoms with van der Waals surface area (Å²) >= 11 is 0. The zero-order valence-electron chi connectivity index (χ0n) is 12.1. The molecular weight excluding hydrogens is 269 g/mol. The second-order valence-corrected chi connectivity index (χ2v) is 5.14. The lowest BCUT2D eigenvalue weighted by atomic mass is 10.2. The van der Waals surface area contributed by atoms with E-state index in [-0.39, 0.29) is 11.7 Å². The lowest BCUT2D eigenvalue weighted by Gasteiger charge is -2.09. The maximum atomic E-state index is 13.5. The summed E-state index contributed by atoms with van der Waals surface area (Å²) < 4.78 is 13.5. The van der Waals surface area contributed by atoms with Gasteiger partial charge in [-0.05, 0) is 30.2 Å². The topological polar surface area (TPSA) is 54.0 Å². The molecular formula is C16H18FN3O. The van der Waals surface area contributed by atoms with Gasteiger partial charge in [0.15, 0.2) is 0 Å². The van der Waals surface area contributed by atoms with Crippen LogP contribution in [0.4, 0.5) is 15.8 Å². The highest BCUT2D eigenvalue weighted by Crippen LogP contribution is 2.18. The number of carbonyl (C=O) groups excluding carboxylic acids is 1. The highest BCUT2D eigenvalue weighted by atomic mass is 19.1. The van der Waals surface area contributed by atoms with Crippen LogP contribution in [-0.4, -0.2) is 17.4 Å². The third kappa shape index (κ3) is 4.27. The van der Waals surface area contributed by atoms with Crippen LogP contribution in [0.1, 0.15) is 24.3 Å². The minimum atomic E-state index is -0.337. The van der Waals surface area contributed by atoms with Gasteiger partial charge < -0.3 is 10.6 Å². The van der Waals surface area contributed by atoms with E-state index in [4.69, 9.17) is 0 Å². The van der Waals surface area contributed by atoms with Gasteiger partial charge in [-0.2, -0.15) is 0 Å². The zero-order valence-corrected chi connectivity index (χ0v) is 12.1. The second kappa shape index (κ2) is 6.83. The molecule has 0 atom stereocenters. The molecule has 4 nitrogen and oxygen atoms in total. The lowest BCUT2D eigenvalue weighted by molar-refractivity contribution is 0.0944. The summed E-state index contributed by atoms with van der Waals surface area (Å²) in [6.07, 6.45) is 1.51. The summed E-state index contributed by atoms with van der Waals surface area (Å²) in [5.74, 6) is -0.159. The van der Waals surface area contributed by atoms with Gasteiger partial charge in [0.2, 0.25) is 0 Å². The van der Waals surface area contributed by atoms with Crippen LogP contribution in [0, 0.1) is 11.7 Å². The van der Waals surface area contributed by atoms with Crippen molar-refractivity contribution < 1.29 is 9.18 Å². The summed E-state index contributed by atoms with van der Waals surface area (Å²) in [5.41, 5.74) is 1.34. The SMILES string of the molecule is CC(C)CNC(=O)c1ccc(Nc2ccccc2F)cn1. The predicted molar refractivity (Wildman–Crippen MR) is 81.1 cm³/mol. The molecule has 1 heterocycles. The van der Waals surface area contributed by atoms with Crippen LogP contribution < -0.4 is 10.6 Å². The number of pyridine rings is 1. The van der Waals surface area contributed by atoms with Crippen molar-refractivity contribution in [3.63, 3.8) is 0 Å². The van der Waals surface area contributed by atoms with E-state index in [0.29, 0.717) is 29.5 Å². The summed E-state index contributed by atoms with van der Waals surface area (Å²) in [4.78, 5) is 15.9. The number of hydrogen-bond donors (Lipinski definition) is 2. The van der Waals surface area contributed by atoms with Crippen LogP contribution in [-0.2, 0) is 0 Å². The first-order valence-corrected chi connectivity index (χ1v) is 6.82. The number of halogens is 1. The molecule has 21 heavy (non-hydrogen) atoms. The molecule has 0 spiro atoms. The summed E-state index contributed by atoms with van der Waals surface area (Å²) in [7, 11) is 0. The minimum Gasteiger partial charge on any atom is -0.352 e. The molecule has 0 aliphatic rings. The molecule has 1 aromatic heterocycles. The highest BCUT2D eigenvalue weighted by Gasteiger charge is 2.08. The Kier molecular flexibility index (Phi) is 4.87. The molecule has 1 amide bonds. The highest BCUT2D eigenvalue weighted by molar-refractivity contribution is 5.92. The van der Waals surface area contributed by atoms with E-state index in [1.54, 1.807) is 30.3 Å². The van der Waals surface area contributed by atoms with E-state index in [1.807, 2.05) is 13.8 Å². The number of aromatic nitrogens is 1. The van der Waals surface area contributed by atoms with Gasteiger partial charge in [0.1, 0.15) is 11.5 Å². The Hall–Kier alpha value is -2.43. The van der Waals surface area contributed by atoms with Crippen LogP contribution in [0.15, 0.2) is 42.6 Å². The van der Waals surface area contributed by atoms with Crippen molar-refractivity contribution in [1.82, 2.24) is 10.3 Å². The van der Waals surface area contributed by atoms with E-state index in [0.717, 1.165) is 0 Å². The molecule has 110 valence electrons. The predicted octanol–water partition coefficient (Wildman–Crippen LogP) is 3.35.